The second-order valence-electron chi connectivity index (χ2n) is 6.43. The number of carbonyl (C=O) groups excluding carboxylic acids is 1. The second kappa shape index (κ2) is 7.55. The topological polar surface area (TPSA) is 68.2 Å². The van der Waals surface area contributed by atoms with Gasteiger partial charge in [-0.25, -0.2) is 12.8 Å². The van der Waals surface area contributed by atoms with E-state index < -0.39 is 33.1 Å². The van der Waals surface area contributed by atoms with Crippen LogP contribution in [0.4, 0.5) is 14.5 Å². The highest BCUT2D eigenvalue weighted by molar-refractivity contribution is 7.92. The Bertz CT molecular complexity index is 1120. The van der Waals surface area contributed by atoms with Gasteiger partial charge >= 0.3 is 0 Å². The van der Waals surface area contributed by atoms with Gasteiger partial charge in [0, 0.05) is 24.7 Å². The molecule has 2 aromatic carbocycles. The Morgan fingerprint density at radius 1 is 1.04 bits per heavy atom. The summed E-state index contributed by atoms with van der Waals surface area (Å²) < 4.78 is 55.4. The van der Waals surface area contributed by atoms with Crippen LogP contribution >= 0.6 is 0 Å². The molecule has 3 rings (SSSR count). The average molecular weight is 404 g/mol. The highest BCUT2D eigenvalue weighted by Gasteiger charge is 2.27. The SMILES string of the molecule is Cn1c(F)c(C(=O)c2ccccc2)c(F)c1Cc1ccc(NS(C)(=O)=O)cc1. The molecular weight excluding hydrogens is 386 g/mol. The molecule has 0 atom stereocenters. The van der Waals surface area contributed by atoms with Crippen LogP contribution in [0.25, 0.3) is 0 Å². The molecule has 0 aliphatic carbocycles. The Balaban J connectivity index is 1.91. The third-order valence-electron chi connectivity index (χ3n) is 4.27. The summed E-state index contributed by atoms with van der Waals surface area (Å²) in [6.45, 7) is 0. The molecule has 28 heavy (non-hydrogen) atoms. The van der Waals surface area contributed by atoms with Crippen molar-refractivity contribution in [2.45, 2.75) is 6.42 Å². The lowest BCUT2D eigenvalue weighted by atomic mass is 10.0. The van der Waals surface area contributed by atoms with Gasteiger partial charge in [0.15, 0.2) is 5.82 Å². The maximum Gasteiger partial charge on any atom is 0.229 e. The van der Waals surface area contributed by atoms with Gasteiger partial charge in [-0.1, -0.05) is 42.5 Å². The number of nitrogens with one attached hydrogen (secondary N) is 1. The fourth-order valence-corrected chi connectivity index (χ4v) is 3.45. The lowest BCUT2D eigenvalue weighted by Gasteiger charge is -2.07. The van der Waals surface area contributed by atoms with E-state index in [1.807, 2.05) is 0 Å². The maximum absolute atomic E-state index is 14.9. The van der Waals surface area contributed by atoms with Gasteiger partial charge in [-0.3, -0.25) is 9.52 Å². The summed E-state index contributed by atoms with van der Waals surface area (Å²) in [6, 6.07) is 14.2. The lowest BCUT2D eigenvalue weighted by Crippen LogP contribution is -2.09. The van der Waals surface area contributed by atoms with Crippen molar-refractivity contribution in [3.8, 4) is 0 Å². The standard InChI is InChI=1S/C20H18F2N2O3S/c1-24-16(12-13-8-10-15(11-9-13)23-28(2,26)27)18(21)17(20(24)22)19(25)14-6-4-3-5-7-14/h3-11,23H,12H2,1-2H3. The zero-order chi connectivity index (χ0) is 20.5. The van der Waals surface area contributed by atoms with Crippen LogP contribution in [0, 0.1) is 11.8 Å². The smallest absolute Gasteiger partial charge is 0.229 e. The van der Waals surface area contributed by atoms with Crippen molar-refractivity contribution >= 4 is 21.5 Å². The van der Waals surface area contributed by atoms with Crippen LogP contribution in [0.5, 0.6) is 0 Å². The summed E-state index contributed by atoms with van der Waals surface area (Å²) in [5, 5.41) is 0. The fourth-order valence-electron chi connectivity index (χ4n) is 2.89. The van der Waals surface area contributed by atoms with Gasteiger partial charge < -0.3 is 4.57 Å². The van der Waals surface area contributed by atoms with Gasteiger partial charge in [-0.15, -0.1) is 0 Å². The van der Waals surface area contributed by atoms with E-state index in [9.17, 15) is 22.0 Å². The first kappa shape index (κ1) is 19.8. The molecule has 3 aromatic rings. The largest absolute Gasteiger partial charge is 0.321 e. The first-order chi connectivity index (χ1) is 13.2. The van der Waals surface area contributed by atoms with Crippen LogP contribution in [-0.4, -0.2) is 25.0 Å². The van der Waals surface area contributed by atoms with Crippen LogP contribution in [0.3, 0.4) is 0 Å². The summed E-state index contributed by atoms with van der Waals surface area (Å²) >= 11 is 0. The minimum Gasteiger partial charge on any atom is -0.321 e. The molecular formula is C20H18F2N2O3S. The van der Waals surface area contributed by atoms with Gasteiger partial charge in [0.25, 0.3) is 0 Å². The van der Waals surface area contributed by atoms with Gasteiger partial charge in [0.2, 0.25) is 21.8 Å². The molecule has 0 aliphatic rings. The van der Waals surface area contributed by atoms with Gasteiger partial charge in [-0.05, 0) is 17.7 Å². The summed E-state index contributed by atoms with van der Waals surface area (Å²) in [5.74, 6) is -2.55. The molecule has 0 saturated carbocycles. The number of aromatic nitrogens is 1. The van der Waals surface area contributed by atoms with Crippen molar-refractivity contribution in [3.05, 3.63) is 88.7 Å². The number of hydrogen-bond donors (Lipinski definition) is 1. The fraction of sp³-hybridized carbons (Fsp3) is 0.150. The monoisotopic (exact) mass is 404 g/mol. The van der Waals surface area contributed by atoms with Crippen molar-refractivity contribution < 1.29 is 22.0 Å². The zero-order valence-electron chi connectivity index (χ0n) is 15.2. The van der Waals surface area contributed by atoms with E-state index in [0.717, 1.165) is 10.8 Å². The molecule has 0 amide bonds. The Morgan fingerprint density at radius 3 is 2.21 bits per heavy atom. The van der Waals surface area contributed by atoms with Crippen LogP contribution in [0.1, 0.15) is 27.2 Å². The van der Waals surface area contributed by atoms with Gasteiger partial charge in [0.05, 0.1) is 11.9 Å². The predicted octanol–water partition coefficient (Wildman–Crippen LogP) is 3.50. The van der Waals surface area contributed by atoms with Crippen LogP contribution in [0.15, 0.2) is 54.6 Å². The molecule has 0 bridgehead atoms. The quantitative estimate of drug-likeness (QED) is 0.640. The number of hydrogen-bond acceptors (Lipinski definition) is 3. The zero-order valence-corrected chi connectivity index (χ0v) is 16.1. The molecule has 1 N–H and O–H groups in total. The van der Waals surface area contributed by atoms with Gasteiger partial charge in [-0.2, -0.15) is 4.39 Å². The van der Waals surface area contributed by atoms with Crippen molar-refractivity contribution in [2.24, 2.45) is 7.05 Å². The highest BCUT2D eigenvalue weighted by Crippen LogP contribution is 2.25. The Kier molecular flexibility index (Phi) is 5.33. The third-order valence-corrected chi connectivity index (χ3v) is 4.88. The summed E-state index contributed by atoms with van der Waals surface area (Å²) in [4.78, 5) is 12.5. The molecule has 0 aliphatic heterocycles. The Labute approximate surface area is 161 Å². The van der Waals surface area contributed by atoms with Crippen molar-refractivity contribution in [1.29, 1.82) is 0 Å². The number of carbonyl (C=O) groups is 1. The summed E-state index contributed by atoms with van der Waals surface area (Å²) in [7, 11) is -2.05. The number of halogens is 2. The number of nitrogens with zero attached hydrogens (tertiary/aromatic N) is 1. The van der Waals surface area contributed by atoms with Crippen molar-refractivity contribution in [1.82, 2.24) is 4.57 Å². The average Bonchev–Trinajstić information content (AvgIpc) is 2.85. The third kappa shape index (κ3) is 4.12. The molecule has 1 heterocycles. The minimum absolute atomic E-state index is 0.0283. The number of ketones is 1. The Morgan fingerprint density at radius 2 is 1.64 bits per heavy atom. The van der Waals surface area contributed by atoms with Crippen molar-refractivity contribution in [2.75, 3.05) is 11.0 Å². The Hall–Kier alpha value is -3.00. The molecule has 8 heteroatoms. The molecule has 146 valence electrons. The summed E-state index contributed by atoms with van der Waals surface area (Å²) in [6.07, 6.45) is 1.08. The second-order valence-corrected chi connectivity index (χ2v) is 8.18. The van der Waals surface area contributed by atoms with E-state index >= 15 is 0 Å². The van der Waals surface area contributed by atoms with Crippen LogP contribution in [0.2, 0.25) is 0 Å². The van der Waals surface area contributed by atoms with E-state index in [-0.39, 0.29) is 17.7 Å². The van der Waals surface area contributed by atoms with E-state index in [2.05, 4.69) is 4.72 Å². The van der Waals surface area contributed by atoms with E-state index in [0.29, 0.717) is 11.3 Å². The maximum atomic E-state index is 14.9. The number of anilines is 1. The van der Waals surface area contributed by atoms with E-state index in [1.54, 1.807) is 30.3 Å². The predicted molar refractivity (Wildman–Crippen MR) is 103 cm³/mol. The highest BCUT2D eigenvalue weighted by atomic mass is 32.2. The van der Waals surface area contributed by atoms with Crippen LogP contribution in [-0.2, 0) is 23.5 Å². The molecule has 5 nitrogen and oxygen atoms in total. The molecule has 1 aromatic heterocycles. The molecule has 0 unspecified atom stereocenters. The van der Waals surface area contributed by atoms with Crippen LogP contribution < -0.4 is 4.72 Å². The first-order valence-electron chi connectivity index (χ1n) is 8.36. The minimum atomic E-state index is -3.40. The molecule has 0 radical (unpaired) electrons. The summed E-state index contributed by atoms with van der Waals surface area (Å²) in [5.41, 5.74) is 0.648. The van der Waals surface area contributed by atoms with Gasteiger partial charge in [0.1, 0.15) is 5.56 Å². The molecule has 0 saturated heterocycles. The molecule has 0 fully saturated rings. The number of rotatable bonds is 6. The number of sulfonamides is 1. The molecule has 0 spiro atoms. The first-order valence-corrected chi connectivity index (χ1v) is 10.3. The van der Waals surface area contributed by atoms with Crippen molar-refractivity contribution in [3.63, 3.8) is 0 Å². The normalized spacial score (nSPS) is 11.4. The lowest BCUT2D eigenvalue weighted by molar-refractivity contribution is 0.103. The van der Waals surface area contributed by atoms with E-state index in [1.165, 1.54) is 31.3 Å². The van der Waals surface area contributed by atoms with E-state index in [4.69, 9.17) is 0 Å². The number of benzene rings is 2.